The Labute approximate surface area is 109 Å². The van der Waals surface area contributed by atoms with Gasteiger partial charge in [0.1, 0.15) is 5.82 Å². The van der Waals surface area contributed by atoms with Gasteiger partial charge in [0.05, 0.1) is 12.1 Å². The molecule has 0 amide bonds. The third-order valence-electron chi connectivity index (χ3n) is 2.64. The predicted octanol–water partition coefficient (Wildman–Crippen LogP) is 1.51. The third kappa shape index (κ3) is 2.65. The Morgan fingerprint density at radius 2 is 2.28 bits per heavy atom. The van der Waals surface area contributed by atoms with Crippen LogP contribution in [0.15, 0.2) is 18.2 Å². The maximum atomic E-state index is 13.9. The van der Waals surface area contributed by atoms with E-state index in [9.17, 15) is 4.39 Å². The first-order valence-electron chi connectivity index (χ1n) is 5.46. The fraction of sp³-hybridized carbons (Fsp3) is 0.364. The minimum absolute atomic E-state index is 0.111. The van der Waals surface area contributed by atoms with E-state index >= 15 is 0 Å². The average molecular weight is 270 g/mol. The Bertz CT molecular complexity index is 542. The molecule has 0 aliphatic carbocycles. The molecule has 96 valence electrons. The molecule has 2 rings (SSSR count). The molecule has 0 aliphatic rings. The van der Waals surface area contributed by atoms with Crippen LogP contribution in [0, 0.1) is 5.82 Å². The van der Waals surface area contributed by atoms with Gasteiger partial charge in [0, 0.05) is 18.0 Å². The lowest BCUT2D eigenvalue weighted by Crippen LogP contribution is -2.21. The highest BCUT2D eigenvalue weighted by Gasteiger charge is 2.18. The molecule has 0 fully saturated rings. The molecule has 1 aromatic heterocycles. The van der Waals surface area contributed by atoms with Gasteiger partial charge in [-0.25, -0.2) is 4.39 Å². The molecule has 0 aliphatic heterocycles. The molecule has 18 heavy (non-hydrogen) atoms. The summed E-state index contributed by atoms with van der Waals surface area (Å²) >= 11 is 5.77. The molecule has 1 aromatic carbocycles. The van der Waals surface area contributed by atoms with E-state index in [1.807, 2.05) is 0 Å². The van der Waals surface area contributed by atoms with Crippen LogP contribution >= 0.6 is 11.6 Å². The van der Waals surface area contributed by atoms with Gasteiger partial charge in [0.25, 0.3) is 0 Å². The zero-order chi connectivity index (χ0) is 13.1. The molecule has 7 heteroatoms. The van der Waals surface area contributed by atoms with Crippen molar-refractivity contribution in [3.05, 3.63) is 40.4 Å². The lowest BCUT2D eigenvalue weighted by Gasteiger charge is -2.15. The van der Waals surface area contributed by atoms with E-state index in [1.165, 1.54) is 10.9 Å². The predicted molar refractivity (Wildman–Crippen MR) is 65.7 cm³/mol. The quantitative estimate of drug-likeness (QED) is 0.914. The monoisotopic (exact) mass is 269 g/mol. The first-order chi connectivity index (χ1) is 8.61. The van der Waals surface area contributed by atoms with Gasteiger partial charge in [-0.15, -0.1) is 10.2 Å². The number of benzene rings is 1. The highest BCUT2D eigenvalue weighted by atomic mass is 35.5. The molecule has 1 unspecified atom stereocenters. The van der Waals surface area contributed by atoms with Gasteiger partial charge in [0.2, 0.25) is 0 Å². The number of hydrogen-bond acceptors (Lipinski definition) is 4. The van der Waals surface area contributed by atoms with Gasteiger partial charge >= 0.3 is 0 Å². The molecular formula is C11H13ClFN5. The maximum Gasteiger partial charge on any atom is 0.176 e. The van der Waals surface area contributed by atoms with Crippen LogP contribution in [0.5, 0.6) is 0 Å². The minimum Gasteiger partial charge on any atom is -0.313 e. The van der Waals surface area contributed by atoms with E-state index < -0.39 is 5.82 Å². The van der Waals surface area contributed by atoms with Gasteiger partial charge < -0.3 is 5.32 Å². The standard InChI is InChI=1S/C11H13ClFN5/c1-14-9(6-10-15-17-18(2)16-10)7-4-3-5-8(12)11(7)13/h3-5,9,14H,6H2,1-2H3. The zero-order valence-electron chi connectivity index (χ0n) is 10.1. The van der Waals surface area contributed by atoms with Crippen molar-refractivity contribution in [3.8, 4) is 0 Å². The SMILES string of the molecule is CNC(Cc1nnn(C)n1)c1cccc(Cl)c1F. The van der Waals surface area contributed by atoms with E-state index in [0.717, 1.165) is 0 Å². The van der Waals surface area contributed by atoms with Crippen LogP contribution in [0.2, 0.25) is 5.02 Å². The molecular weight excluding hydrogens is 257 g/mol. The summed E-state index contributed by atoms with van der Waals surface area (Å²) in [5.41, 5.74) is 0.498. The summed E-state index contributed by atoms with van der Waals surface area (Å²) in [6, 6.07) is 4.69. The molecule has 0 saturated heterocycles. The lowest BCUT2D eigenvalue weighted by atomic mass is 10.0. The Morgan fingerprint density at radius 1 is 1.50 bits per heavy atom. The van der Waals surface area contributed by atoms with Crippen molar-refractivity contribution >= 4 is 11.6 Å². The van der Waals surface area contributed by atoms with Gasteiger partial charge in [-0.1, -0.05) is 23.7 Å². The van der Waals surface area contributed by atoms with Gasteiger partial charge in [0.15, 0.2) is 5.82 Å². The molecule has 0 saturated carbocycles. The van der Waals surface area contributed by atoms with E-state index in [-0.39, 0.29) is 11.1 Å². The molecule has 2 aromatic rings. The fourth-order valence-electron chi connectivity index (χ4n) is 1.74. The Morgan fingerprint density at radius 3 is 2.89 bits per heavy atom. The van der Waals surface area contributed by atoms with Crippen LogP contribution in [-0.2, 0) is 13.5 Å². The van der Waals surface area contributed by atoms with Crippen molar-refractivity contribution in [3.63, 3.8) is 0 Å². The number of tetrazole rings is 1. The van der Waals surface area contributed by atoms with Crippen molar-refractivity contribution < 1.29 is 4.39 Å². The summed E-state index contributed by atoms with van der Waals surface area (Å²) in [6.45, 7) is 0. The number of aryl methyl sites for hydroxylation is 1. The number of likely N-dealkylation sites (N-methyl/N-ethyl adjacent to an activating group) is 1. The zero-order valence-corrected chi connectivity index (χ0v) is 10.8. The first-order valence-corrected chi connectivity index (χ1v) is 5.83. The Kier molecular flexibility index (Phi) is 3.88. The van der Waals surface area contributed by atoms with Crippen molar-refractivity contribution in [2.45, 2.75) is 12.5 Å². The summed E-state index contributed by atoms with van der Waals surface area (Å²) in [5.74, 6) is 0.138. The molecule has 5 nitrogen and oxygen atoms in total. The van der Waals surface area contributed by atoms with Crippen LogP contribution in [-0.4, -0.2) is 27.3 Å². The molecule has 0 bridgehead atoms. The smallest absolute Gasteiger partial charge is 0.176 e. The van der Waals surface area contributed by atoms with Gasteiger partial charge in [-0.3, -0.25) is 0 Å². The summed E-state index contributed by atoms with van der Waals surface area (Å²) < 4.78 is 13.9. The molecule has 0 spiro atoms. The van der Waals surface area contributed by atoms with E-state index in [4.69, 9.17) is 11.6 Å². The number of nitrogens with zero attached hydrogens (tertiary/aromatic N) is 4. The van der Waals surface area contributed by atoms with Crippen molar-refractivity contribution in [2.75, 3.05) is 7.05 Å². The molecule has 1 atom stereocenters. The van der Waals surface area contributed by atoms with Gasteiger partial charge in [-0.2, -0.15) is 4.80 Å². The van der Waals surface area contributed by atoms with E-state index in [0.29, 0.717) is 17.8 Å². The number of halogens is 2. The second-order valence-corrected chi connectivity index (χ2v) is 4.29. The summed E-state index contributed by atoms with van der Waals surface area (Å²) in [4.78, 5) is 1.37. The number of nitrogens with one attached hydrogen (secondary N) is 1. The van der Waals surface area contributed by atoms with E-state index in [2.05, 4.69) is 20.7 Å². The van der Waals surface area contributed by atoms with Crippen molar-refractivity contribution in [1.29, 1.82) is 0 Å². The largest absolute Gasteiger partial charge is 0.313 e. The second kappa shape index (κ2) is 5.41. The van der Waals surface area contributed by atoms with Crippen LogP contribution in [0.1, 0.15) is 17.4 Å². The van der Waals surface area contributed by atoms with Crippen LogP contribution in [0.4, 0.5) is 4.39 Å². The molecule has 1 heterocycles. The summed E-state index contributed by atoms with van der Waals surface area (Å²) in [6.07, 6.45) is 0.446. The fourth-order valence-corrected chi connectivity index (χ4v) is 1.93. The minimum atomic E-state index is -0.414. The average Bonchev–Trinajstić information content (AvgIpc) is 2.76. The van der Waals surface area contributed by atoms with Crippen LogP contribution in [0.3, 0.4) is 0 Å². The van der Waals surface area contributed by atoms with Gasteiger partial charge in [-0.05, 0) is 18.3 Å². The molecule has 1 N–H and O–H groups in total. The number of aromatic nitrogens is 4. The Hall–Kier alpha value is -1.53. The van der Waals surface area contributed by atoms with E-state index in [1.54, 1.807) is 26.2 Å². The normalized spacial score (nSPS) is 12.7. The third-order valence-corrected chi connectivity index (χ3v) is 2.93. The highest BCUT2D eigenvalue weighted by molar-refractivity contribution is 6.30. The second-order valence-electron chi connectivity index (χ2n) is 3.88. The van der Waals surface area contributed by atoms with Crippen LogP contribution < -0.4 is 5.32 Å². The van der Waals surface area contributed by atoms with Crippen LogP contribution in [0.25, 0.3) is 0 Å². The summed E-state index contributed by atoms with van der Waals surface area (Å²) in [7, 11) is 3.44. The highest BCUT2D eigenvalue weighted by Crippen LogP contribution is 2.24. The number of rotatable bonds is 4. The van der Waals surface area contributed by atoms with Crippen molar-refractivity contribution in [2.24, 2.45) is 7.05 Å². The summed E-state index contributed by atoms with van der Waals surface area (Å²) in [5, 5.41) is 14.8. The maximum absolute atomic E-state index is 13.9. The lowest BCUT2D eigenvalue weighted by molar-refractivity contribution is 0.524. The number of hydrogen-bond donors (Lipinski definition) is 1. The first kappa shape index (κ1) is 12.9. The molecule has 0 radical (unpaired) electrons. The Balaban J connectivity index is 2.25. The topological polar surface area (TPSA) is 55.6 Å². The van der Waals surface area contributed by atoms with Crippen molar-refractivity contribution in [1.82, 2.24) is 25.5 Å².